The number of carbonyl (C=O) groups excluding carboxylic acids is 1. The van der Waals surface area contributed by atoms with Gasteiger partial charge in [-0.05, 0) is 50.3 Å². The monoisotopic (exact) mass is 306 g/mol. The van der Waals surface area contributed by atoms with Crippen LogP contribution in [-0.2, 0) is 16.1 Å². The fourth-order valence-corrected chi connectivity index (χ4v) is 4.13. The standard InChI is InChI=1S/C17H26N2O3/c1-18(12-14-4-3-11-22-14)15-5-6-17(15)7-9-19(10-8-17)16(20)13-21-2/h3-4,11,15H,5-10,12-13H2,1-2H3/t15-/m1/s1. The van der Waals surface area contributed by atoms with Crippen molar-refractivity contribution in [1.29, 1.82) is 0 Å². The Morgan fingerprint density at radius 1 is 1.45 bits per heavy atom. The number of hydrogen-bond donors (Lipinski definition) is 0. The Balaban J connectivity index is 1.55. The molecule has 3 rings (SSSR count). The molecule has 0 N–H and O–H groups in total. The highest BCUT2D eigenvalue weighted by atomic mass is 16.5. The minimum absolute atomic E-state index is 0.122. The predicted octanol–water partition coefficient (Wildman–Crippen LogP) is 2.13. The summed E-state index contributed by atoms with van der Waals surface area (Å²) in [5.41, 5.74) is 0.394. The van der Waals surface area contributed by atoms with Crippen molar-refractivity contribution in [3.8, 4) is 0 Å². The summed E-state index contributed by atoms with van der Waals surface area (Å²) < 4.78 is 10.4. The van der Waals surface area contributed by atoms with Crippen LogP contribution in [0.15, 0.2) is 22.8 Å². The van der Waals surface area contributed by atoms with Crippen LogP contribution in [0.2, 0.25) is 0 Å². The topological polar surface area (TPSA) is 45.9 Å². The third-order valence-electron chi connectivity index (χ3n) is 5.52. The molecule has 2 aliphatic rings. The third-order valence-corrected chi connectivity index (χ3v) is 5.52. The third kappa shape index (κ3) is 2.92. The molecular formula is C17H26N2O3. The maximum absolute atomic E-state index is 11.9. The molecule has 22 heavy (non-hydrogen) atoms. The van der Waals surface area contributed by atoms with Crippen molar-refractivity contribution in [3.05, 3.63) is 24.2 Å². The second-order valence-corrected chi connectivity index (χ2v) is 6.73. The smallest absolute Gasteiger partial charge is 0.248 e. The summed E-state index contributed by atoms with van der Waals surface area (Å²) in [7, 11) is 3.77. The van der Waals surface area contributed by atoms with Crippen molar-refractivity contribution in [2.45, 2.75) is 38.3 Å². The maximum Gasteiger partial charge on any atom is 0.248 e. The lowest BCUT2D eigenvalue weighted by Gasteiger charge is -2.56. The van der Waals surface area contributed by atoms with Crippen LogP contribution in [0.3, 0.4) is 0 Å². The molecule has 1 saturated carbocycles. The molecule has 2 heterocycles. The van der Waals surface area contributed by atoms with Crippen LogP contribution in [-0.4, -0.2) is 55.6 Å². The Labute approximate surface area is 132 Å². The van der Waals surface area contributed by atoms with Crippen LogP contribution in [0.5, 0.6) is 0 Å². The quantitative estimate of drug-likeness (QED) is 0.836. The predicted molar refractivity (Wildman–Crippen MR) is 83.3 cm³/mol. The first-order valence-electron chi connectivity index (χ1n) is 8.14. The first-order valence-corrected chi connectivity index (χ1v) is 8.14. The zero-order chi connectivity index (χ0) is 15.6. The Kier molecular flexibility index (Phi) is 4.54. The van der Waals surface area contributed by atoms with Gasteiger partial charge in [0.25, 0.3) is 0 Å². The average Bonchev–Trinajstić information content (AvgIpc) is 2.99. The van der Waals surface area contributed by atoms with Crippen molar-refractivity contribution < 1.29 is 13.9 Å². The number of furan rings is 1. The second kappa shape index (κ2) is 6.42. The van der Waals surface area contributed by atoms with Gasteiger partial charge >= 0.3 is 0 Å². The van der Waals surface area contributed by atoms with E-state index >= 15 is 0 Å². The molecule has 0 unspecified atom stereocenters. The Hall–Kier alpha value is -1.33. The molecule has 1 spiro atoms. The van der Waals surface area contributed by atoms with Crippen molar-refractivity contribution in [3.63, 3.8) is 0 Å². The second-order valence-electron chi connectivity index (χ2n) is 6.73. The number of methoxy groups -OCH3 is 1. The molecule has 1 aliphatic heterocycles. The largest absolute Gasteiger partial charge is 0.468 e. The van der Waals surface area contributed by atoms with Gasteiger partial charge in [-0.3, -0.25) is 9.69 Å². The van der Waals surface area contributed by atoms with Gasteiger partial charge in [0, 0.05) is 26.2 Å². The average molecular weight is 306 g/mol. The molecule has 122 valence electrons. The van der Waals surface area contributed by atoms with E-state index in [4.69, 9.17) is 9.15 Å². The van der Waals surface area contributed by atoms with Crippen molar-refractivity contribution >= 4 is 5.91 Å². The summed E-state index contributed by atoms with van der Waals surface area (Å²) in [5.74, 6) is 1.15. The van der Waals surface area contributed by atoms with Crippen molar-refractivity contribution in [2.75, 3.05) is 33.9 Å². The van der Waals surface area contributed by atoms with E-state index in [1.54, 1.807) is 13.4 Å². The fraction of sp³-hybridized carbons (Fsp3) is 0.706. The van der Waals surface area contributed by atoms with Crippen LogP contribution in [0.25, 0.3) is 0 Å². The molecule has 5 nitrogen and oxygen atoms in total. The summed E-state index contributed by atoms with van der Waals surface area (Å²) in [4.78, 5) is 16.3. The van der Waals surface area contributed by atoms with Gasteiger partial charge in [0.05, 0.1) is 12.8 Å². The van der Waals surface area contributed by atoms with Crippen LogP contribution < -0.4 is 0 Å². The fourth-order valence-electron chi connectivity index (χ4n) is 4.13. The van der Waals surface area contributed by atoms with E-state index in [9.17, 15) is 4.79 Å². The van der Waals surface area contributed by atoms with E-state index in [0.717, 1.165) is 38.2 Å². The SMILES string of the molecule is COCC(=O)N1CCC2(CC[C@H]2N(C)Cc2ccco2)CC1. The van der Waals surface area contributed by atoms with Gasteiger partial charge in [-0.1, -0.05) is 0 Å². The van der Waals surface area contributed by atoms with E-state index in [1.165, 1.54) is 12.8 Å². The number of likely N-dealkylation sites (tertiary alicyclic amines) is 1. The zero-order valence-electron chi connectivity index (χ0n) is 13.6. The molecule has 1 atom stereocenters. The molecule has 1 saturated heterocycles. The van der Waals surface area contributed by atoms with E-state index in [2.05, 4.69) is 11.9 Å². The summed E-state index contributed by atoms with van der Waals surface area (Å²) in [6.45, 7) is 2.81. The van der Waals surface area contributed by atoms with Crippen LogP contribution >= 0.6 is 0 Å². The van der Waals surface area contributed by atoms with Gasteiger partial charge in [0.15, 0.2) is 0 Å². The molecule has 1 aromatic heterocycles. The van der Waals surface area contributed by atoms with Gasteiger partial charge in [-0.25, -0.2) is 0 Å². The summed E-state index contributed by atoms with van der Waals surface area (Å²) in [6.07, 6.45) is 6.49. The minimum atomic E-state index is 0.122. The molecule has 0 bridgehead atoms. The van der Waals surface area contributed by atoms with Crippen molar-refractivity contribution in [1.82, 2.24) is 9.80 Å². The van der Waals surface area contributed by atoms with Gasteiger partial charge in [0.1, 0.15) is 12.4 Å². The van der Waals surface area contributed by atoms with Gasteiger partial charge in [-0.2, -0.15) is 0 Å². The number of piperidine rings is 1. The van der Waals surface area contributed by atoms with E-state index in [0.29, 0.717) is 11.5 Å². The van der Waals surface area contributed by atoms with E-state index in [1.807, 2.05) is 17.0 Å². The first kappa shape index (κ1) is 15.6. The lowest BCUT2D eigenvalue weighted by atomic mass is 9.58. The highest BCUT2D eigenvalue weighted by molar-refractivity contribution is 5.77. The van der Waals surface area contributed by atoms with Gasteiger partial charge in [0.2, 0.25) is 5.91 Å². The molecule has 5 heteroatoms. The molecule has 1 amide bonds. The lowest BCUT2D eigenvalue weighted by Crippen LogP contribution is -2.58. The van der Waals surface area contributed by atoms with Gasteiger partial charge < -0.3 is 14.1 Å². The highest BCUT2D eigenvalue weighted by Crippen LogP contribution is 2.51. The zero-order valence-corrected chi connectivity index (χ0v) is 13.6. The first-order chi connectivity index (χ1) is 10.6. The van der Waals surface area contributed by atoms with Gasteiger partial charge in [-0.15, -0.1) is 0 Å². The number of ether oxygens (including phenoxy) is 1. The normalized spacial score (nSPS) is 23.8. The number of carbonyl (C=O) groups is 1. The molecule has 2 fully saturated rings. The molecule has 1 aromatic rings. The number of rotatable bonds is 5. The van der Waals surface area contributed by atoms with E-state index < -0.39 is 0 Å². The lowest BCUT2D eigenvalue weighted by molar-refractivity contribution is -0.141. The van der Waals surface area contributed by atoms with Crippen LogP contribution in [0.4, 0.5) is 0 Å². The Bertz CT molecular complexity index is 492. The molecule has 0 aromatic carbocycles. The Morgan fingerprint density at radius 2 is 2.23 bits per heavy atom. The van der Waals surface area contributed by atoms with Crippen LogP contribution in [0, 0.1) is 5.41 Å². The highest BCUT2D eigenvalue weighted by Gasteiger charge is 2.50. The minimum Gasteiger partial charge on any atom is -0.468 e. The maximum atomic E-state index is 11.9. The van der Waals surface area contributed by atoms with Crippen molar-refractivity contribution in [2.24, 2.45) is 5.41 Å². The number of amides is 1. The van der Waals surface area contributed by atoms with E-state index in [-0.39, 0.29) is 12.5 Å². The molecule has 0 radical (unpaired) electrons. The molecule has 1 aliphatic carbocycles. The summed E-state index contributed by atoms with van der Waals surface area (Å²) in [6, 6.07) is 4.59. The molecular weight excluding hydrogens is 280 g/mol. The number of nitrogens with zero attached hydrogens (tertiary/aromatic N) is 2. The number of hydrogen-bond acceptors (Lipinski definition) is 4. The summed E-state index contributed by atoms with van der Waals surface area (Å²) in [5, 5.41) is 0. The van der Waals surface area contributed by atoms with Crippen LogP contribution in [0.1, 0.15) is 31.4 Å². The Morgan fingerprint density at radius 3 is 2.77 bits per heavy atom. The summed E-state index contributed by atoms with van der Waals surface area (Å²) >= 11 is 0.